The Bertz CT molecular complexity index is 1080. The molecule has 0 radical (unpaired) electrons. The summed E-state index contributed by atoms with van der Waals surface area (Å²) in [5.74, 6) is 0.175. The van der Waals surface area contributed by atoms with Gasteiger partial charge in [0.15, 0.2) is 17.2 Å². The second-order valence-corrected chi connectivity index (χ2v) is 9.12. The van der Waals surface area contributed by atoms with Crippen molar-refractivity contribution in [3.05, 3.63) is 59.7 Å². The Morgan fingerprint density at radius 1 is 1.10 bits per heavy atom. The number of nitrogens with zero attached hydrogens (tertiary/aromatic N) is 1. The second kappa shape index (κ2) is 8.00. The van der Waals surface area contributed by atoms with Crippen molar-refractivity contribution in [2.45, 2.75) is 25.7 Å². The first kappa shape index (κ1) is 21.1. The lowest BCUT2D eigenvalue weighted by Crippen LogP contribution is -2.28. The molecule has 0 saturated heterocycles. The Labute approximate surface area is 171 Å². The third-order valence-electron chi connectivity index (χ3n) is 5.25. The molecule has 0 atom stereocenters. The zero-order chi connectivity index (χ0) is 21.2. The van der Waals surface area contributed by atoms with Gasteiger partial charge in [-0.25, -0.2) is 0 Å². The summed E-state index contributed by atoms with van der Waals surface area (Å²) in [4.78, 5) is 0. The molecular formula is C22H26NO5S+. The van der Waals surface area contributed by atoms with Gasteiger partial charge in [-0.05, 0) is 26.0 Å². The maximum Gasteiger partial charge on any atom is 0.265 e. The molecule has 3 rings (SSSR count). The van der Waals surface area contributed by atoms with E-state index in [1.165, 1.54) is 7.11 Å². The first-order valence-electron chi connectivity index (χ1n) is 9.39. The monoisotopic (exact) mass is 416 g/mol. The van der Waals surface area contributed by atoms with Crippen LogP contribution in [-0.2, 0) is 15.5 Å². The van der Waals surface area contributed by atoms with Crippen LogP contribution in [0.2, 0.25) is 0 Å². The maximum absolute atomic E-state index is 11.1. The van der Waals surface area contributed by atoms with E-state index in [4.69, 9.17) is 9.29 Å². The molecular weight excluding hydrogens is 390 g/mol. The minimum atomic E-state index is -4.01. The third-order valence-corrected chi connectivity index (χ3v) is 6.06. The maximum atomic E-state index is 11.1. The molecule has 2 aromatic carbocycles. The number of ether oxygens (including phenoxy) is 1. The van der Waals surface area contributed by atoms with Crippen molar-refractivity contribution in [3.8, 4) is 11.5 Å². The molecule has 154 valence electrons. The van der Waals surface area contributed by atoms with E-state index in [-0.39, 0.29) is 16.9 Å². The second-order valence-electron chi connectivity index (χ2n) is 7.55. The van der Waals surface area contributed by atoms with Crippen molar-refractivity contribution in [2.24, 2.45) is 0 Å². The Kier molecular flexibility index (Phi) is 5.82. The Morgan fingerprint density at radius 2 is 1.83 bits per heavy atom. The Hall–Kier alpha value is -2.64. The van der Waals surface area contributed by atoms with Crippen molar-refractivity contribution >= 4 is 27.6 Å². The average Bonchev–Trinajstić information content (AvgIpc) is 2.87. The van der Waals surface area contributed by atoms with Gasteiger partial charge in [0.05, 0.1) is 18.3 Å². The summed E-state index contributed by atoms with van der Waals surface area (Å²) < 4.78 is 38.6. The molecule has 0 saturated carbocycles. The summed E-state index contributed by atoms with van der Waals surface area (Å²) in [6.45, 7) is 4.67. The number of fused-ring (bicyclic) bond motifs is 1. The highest BCUT2D eigenvalue weighted by atomic mass is 32.2. The van der Waals surface area contributed by atoms with E-state index in [1.807, 2.05) is 30.4 Å². The van der Waals surface area contributed by atoms with Crippen molar-refractivity contribution in [1.29, 1.82) is 0 Å². The average molecular weight is 417 g/mol. The van der Waals surface area contributed by atoms with Crippen molar-refractivity contribution in [1.82, 2.24) is 0 Å². The molecule has 1 aliphatic rings. The van der Waals surface area contributed by atoms with Gasteiger partial charge in [0.1, 0.15) is 6.54 Å². The zero-order valence-electron chi connectivity index (χ0n) is 16.8. The molecule has 0 unspecified atom stereocenters. The number of para-hydroxylation sites is 2. The Balaban J connectivity index is 2.03. The molecule has 29 heavy (non-hydrogen) atoms. The largest absolute Gasteiger partial charge is 0.504 e. The van der Waals surface area contributed by atoms with E-state index in [2.05, 4.69) is 24.5 Å². The first-order valence-corrected chi connectivity index (χ1v) is 11.0. The van der Waals surface area contributed by atoms with E-state index in [0.717, 1.165) is 17.0 Å². The van der Waals surface area contributed by atoms with E-state index in [9.17, 15) is 13.5 Å². The Morgan fingerprint density at radius 3 is 2.52 bits per heavy atom. The minimum absolute atomic E-state index is 0.0677. The highest BCUT2D eigenvalue weighted by Gasteiger charge is 2.43. The van der Waals surface area contributed by atoms with Gasteiger partial charge < -0.3 is 9.84 Å². The van der Waals surface area contributed by atoms with Crippen LogP contribution < -0.4 is 4.74 Å². The predicted molar refractivity (Wildman–Crippen MR) is 114 cm³/mol. The van der Waals surface area contributed by atoms with Crippen LogP contribution in [0.5, 0.6) is 11.5 Å². The van der Waals surface area contributed by atoms with Gasteiger partial charge in [0, 0.05) is 29.7 Å². The summed E-state index contributed by atoms with van der Waals surface area (Å²) in [6.07, 6.45) is 4.07. The molecule has 0 fully saturated rings. The number of methoxy groups -OCH3 is 1. The molecule has 7 heteroatoms. The fourth-order valence-corrected chi connectivity index (χ4v) is 4.29. The standard InChI is InChI=1S/C22H25NO5S/c1-22(2)17-9-4-5-10-18(17)23(14-7-15-29(25,26)27)20(22)13-12-16-8-6-11-19(28-3)21(16)24/h4-6,8-13H,7,14-15H2,1-3H3,(H,25,26,27)/p+1. The number of hydrogen-bond acceptors (Lipinski definition) is 4. The fraction of sp³-hybridized carbons (Fsp3) is 0.318. The van der Waals surface area contributed by atoms with E-state index in [0.29, 0.717) is 24.3 Å². The molecule has 1 aliphatic heterocycles. The normalized spacial score (nSPS) is 15.7. The van der Waals surface area contributed by atoms with Crippen molar-refractivity contribution < 1.29 is 27.4 Å². The summed E-state index contributed by atoms with van der Waals surface area (Å²) in [6, 6.07) is 13.3. The zero-order valence-corrected chi connectivity index (χ0v) is 17.6. The van der Waals surface area contributed by atoms with E-state index >= 15 is 0 Å². The summed E-state index contributed by atoms with van der Waals surface area (Å²) >= 11 is 0. The van der Waals surface area contributed by atoms with Gasteiger partial charge in [-0.2, -0.15) is 13.0 Å². The first-order chi connectivity index (χ1) is 13.6. The topological polar surface area (TPSA) is 86.8 Å². The number of rotatable bonds is 7. The molecule has 0 aromatic heterocycles. The number of hydrogen-bond donors (Lipinski definition) is 2. The van der Waals surface area contributed by atoms with Crippen LogP contribution in [0.25, 0.3) is 6.08 Å². The SMILES string of the molecule is COc1cccc(/C=C/C2=[N+](CCCS(=O)(=O)O)c3ccccc3C2(C)C)c1O. The molecule has 0 aliphatic carbocycles. The summed E-state index contributed by atoms with van der Waals surface area (Å²) in [5.41, 5.74) is 3.46. The predicted octanol–water partition coefficient (Wildman–Crippen LogP) is 3.77. The molecule has 6 nitrogen and oxygen atoms in total. The van der Waals surface area contributed by atoms with Gasteiger partial charge in [0.25, 0.3) is 10.1 Å². The molecule has 2 aromatic rings. The molecule has 0 amide bonds. The number of allylic oxidation sites excluding steroid dienone is 1. The smallest absolute Gasteiger partial charge is 0.265 e. The van der Waals surface area contributed by atoms with Gasteiger partial charge >= 0.3 is 0 Å². The van der Waals surface area contributed by atoms with Crippen molar-refractivity contribution in [2.75, 3.05) is 19.4 Å². The highest BCUT2D eigenvalue weighted by Crippen LogP contribution is 2.40. The van der Waals surface area contributed by atoms with Gasteiger partial charge in [-0.3, -0.25) is 4.55 Å². The lowest BCUT2D eigenvalue weighted by Gasteiger charge is -2.15. The number of benzene rings is 2. The lowest BCUT2D eigenvalue weighted by molar-refractivity contribution is -0.437. The fourth-order valence-electron chi connectivity index (χ4n) is 3.79. The van der Waals surface area contributed by atoms with Crippen LogP contribution >= 0.6 is 0 Å². The molecule has 2 N–H and O–H groups in total. The number of phenols is 1. The van der Waals surface area contributed by atoms with Crippen LogP contribution in [0, 0.1) is 0 Å². The number of phenolic OH excluding ortho intramolecular Hbond substituents is 1. The van der Waals surface area contributed by atoms with Crippen LogP contribution in [0.15, 0.2) is 48.5 Å². The summed E-state index contributed by atoms with van der Waals surface area (Å²) in [7, 11) is -2.50. The van der Waals surface area contributed by atoms with Crippen LogP contribution in [0.1, 0.15) is 31.4 Å². The lowest BCUT2D eigenvalue weighted by atomic mass is 9.81. The highest BCUT2D eigenvalue weighted by molar-refractivity contribution is 7.85. The summed E-state index contributed by atoms with van der Waals surface area (Å²) in [5, 5.41) is 10.4. The van der Waals surface area contributed by atoms with E-state index < -0.39 is 10.1 Å². The van der Waals surface area contributed by atoms with Crippen molar-refractivity contribution in [3.63, 3.8) is 0 Å². The van der Waals surface area contributed by atoms with Crippen LogP contribution in [0.3, 0.4) is 0 Å². The quantitative estimate of drug-likeness (QED) is 0.530. The minimum Gasteiger partial charge on any atom is -0.504 e. The van der Waals surface area contributed by atoms with Crippen LogP contribution in [0.4, 0.5) is 5.69 Å². The van der Waals surface area contributed by atoms with E-state index in [1.54, 1.807) is 18.2 Å². The van der Waals surface area contributed by atoms with Gasteiger partial charge in [-0.15, -0.1) is 0 Å². The molecule has 1 heterocycles. The van der Waals surface area contributed by atoms with Gasteiger partial charge in [-0.1, -0.05) is 30.3 Å². The van der Waals surface area contributed by atoms with Gasteiger partial charge in [0.2, 0.25) is 5.69 Å². The van der Waals surface area contributed by atoms with Crippen LogP contribution in [-0.4, -0.2) is 47.8 Å². The third kappa shape index (κ3) is 4.36. The molecule has 0 bridgehead atoms. The molecule has 0 spiro atoms. The number of aromatic hydroxyl groups is 1.